The zero-order valence-corrected chi connectivity index (χ0v) is 17.0. The lowest BCUT2D eigenvalue weighted by Gasteiger charge is -2.35. The van der Waals surface area contributed by atoms with Crippen LogP contribution in [0.4, 0.5) is 0 Å². The number of furan rings is 1. The fourth-order valence-electron chi connectivity index (χ4n) is 4.18. The summed E-state index contributed by atoms with van der Waals surface area (Å²) in [6, 6.07) is 9.05. The van der Waals surface area contributed by atoms with Gasteiger partial charge in [0.15, 0.2) is 0 Å². The summed E-state index contributed by atoms with van der Waals surface area (Å²) in [5.74, 6) is 1.04. The molecule has 2 N–H and O–H groups in total. The molecule has 2 saturated heterocycles. The third-order valence-corrected chi connectivity index (χ3v) is 6.64. The number of fused-ring (bicyclic) bond motifs is 1. The molecule has 27 heavy (non-hydrogen) atoms. The van der Waals surface area contributed by atoms with Crippen LogP contribution in [0.15, 0.2) is 28.7 Å². The van der Waals surface area contributed by atoms with Crippen LogP contribution < -0.4 is 11.2 Å². The minimum absolute atomic E-state index is 0.415. The summed E-state index contributed by atoms with van der Waals surface area (Å²) in [6.45, 7) is 11.1. The standard InChI is InChI=1S/C21H31BN2O3/c1-15-6-5-10-24(15)11-9-18-12-16-7-8-17(13-19(16)25-18)22-26-20(2,3)21(4,14-23)27-22/h7-8,12-13,15H,5-6,9-11,14,23H2,1-4H3. The van der Waals surface area contributed by atoms with Gasteiger partial charge in [-0.3, -0.25) is 0 Å². The molecule has 0 amide bonds. The van der Waals surface area contributed by atoms with E-state index in [1.54, 1.807) is 0 Å². The molecule has 0 radical (unpaired) electrons. The maximum absolute atomic E-state index is 6.19. The summed E-state index contributed by atoms with van der Waals surface area (Å²) in [7, 11) is -0.419. The van der Waals surface area contributed by atoms with Gasteiger partial charge in [-0.2, -0.15) is 0 Å². The third-order valence-electron chi connectivity index (χ3n) is 6.64. The quantitative estimate of drug-likeness (QED) is 0.820. The first-order valence-electron chi connectivity index (χ1n) is 10.1. The van der Waals surface area contributed by atoms with Crippen LogP contribution in [-0.2, 0) is 15.7 Å². The summed E-state index contributed by atoms with van der Waals surface area (Å²) in [6.07, 6.45) is 3.57. The molecule has 0 saturated carbocycles. The van der Waals surface area contributed by atoms with Crippen LogP contribution in [0.25, 0.3) is 11.0 Å². The third kappa shape index (κ3) is 3.44. The van der Waals surface area contributed by atoms with Crippen LogP contribution in [0.1, 0.15) is 46.3 Å². The molecule has 4 rings (SSSR count). The van der Waals surface area contributed by atoms with Gasteiger partial charge in [-0.05, 0) is 64.7 Å². The topological polar surface area (TPSA) is 60.9 Å². The smallest absolute Gasteiger partial charge is 0.461 e. The van der Waals surface area contributed by atoms with Gasteiger partial charge < -0.3 is 24.4 Å². The van der Waals surface area contributed by atoms with Crippen LogP contribution in [0.3, 0.4) is 0 Å². The van der Waals surface area contributed by atoms with Crippen LogP contribution >= 0.6 is 0 Å². The Morgan fingerprint density at radius 3 is 2.70 bits per heavy atom. The predicted octanol–water partition coefficient (Wildman–Crippen LogP) is 2.70. The molecule has 1 aromatic carbocycles. The first-order valence-corrected chi connectivity index (χ1v) is 10.1. The Labute approximate surface area is 162 Å². The van der Waals surface area contributed by atoms with Crippen molar-refractivity contribution < 1.29 is 13.7 Å². The van der Waals surface area contributed by atoms with Crippen LogP contribution in [0.5, 0.6) is 0 Å². The van der Waals surface area contributed by atoms with E-state index in [1.807, 2.05) is 26.8 Å². The number of hydrogen-bond acceptors (Lipinski definition) is 5. The Hall–Kier alpha value is -1.34. The second kappa shape index (κ2) is 6.92. The van der Waals surface area contributed by atoms with Gasteiger partial charge in [0.1, 0.15) is 11.3 Å². The first-order chi connectivity index (χ1) is 12.8. The summed E-state index contributed by atoms with van der Waals surface area (Å²) in [4.78, 5) is 2.55. The van der Waals surface area contributed by atoms with Crippen LogP contribution in [0, 0.1) is 0 Å². The average molecular weight is 370 g/mol. The van der Waals surface area contributed by atoms with Crippen LogP contribution in [0.2, 0.25) is 0 Å². The Morgan fingerprint density at radius 1 is 1.22 bits per heavy atom. The molecule has 2 aliphatic rings. The molecule has 2 atom stereocenters. The highest BCUT2D eigenvalue weighted by Gasteiger charge is 2.53. The lowest BCUT2D eigenvalue weighted by molar-refractivity contribution is -0.00187. The van der Waals surface area contributed by atoms with Crippen molar-refractivity contribution in [3.8, 4) is 0 Å². The molecule has 146 valence electrons. The number of nitrogens with zero attached hydrogens (tertiary/aromatic N) is 1. The number of nitrogens with two attached hydrogens (primary N) is 1. The van der Waals surface area contributed by atoms with E-state index in [4.69, 9.17) is 19.5 Å². The number of hydrogen-bond donors (Lipinski definition) is 1. The van der Waals surface area contributed by atoms with E-state index >= 15 is 0 Å². The zero-order valence-electron chi connectivity index (χ0n) is 17.0. The van der Waals surface area contributed by atoms with E-state index in [0.717, 1.165) is 35.2 Å². The van der Waals surface area contributed by atoms with Gasteiger partial charge in [-0.25, -0.2) is 0 Å². The summed E-state index contributed by atoms with van der Waals surface area (Å²) >= 11 is 0. The van der Waals surface area contributed by atoms with Gasteiger partial charge in [0.05, 0.1) is 11.2 Å². The summed E-state index contributed by atoms with van der Waals surface area (Å²) in [5, 5.41) is 1.13. The van der Waals surface area contributed by atoms with Crippen molar-refractivity contribution in [1.29, 1.82) is 0 Å². The fourth-order valence-corrected chi connectivity index (χ4v) is 4.18. The lowest BCUT2D eigenvalue weighted by Crippen LogP contribution is -2.50. The molecule has 2 fully saturated rings. The van der Waals surface area contributed by atoms with E-state index < -0.39 is 18.3 Å². The lowest BCUT2D eigenvalue weighted by atomic mass is 9.79. The molecule has 6 heteroatoms. The van der Waals surface area contributed by atoms with Gasteiger partial charge in [-0.1, -0.05) is 12.1 Å². The van der Waals surface area contributed by atoms with Crippen molar-refractivity contribution in [3.05, 3.63) is 30.0 Å². The highest BCUT2D eigenvalue weighted by molar-refractivity contribution is 6.62. The fraction of sp³-hybridized carbons (Fsp3) is 0.619. The minimum atomic E-state index is -0.507. The first kappa shape index (κ1) is 19.0. The van der Waals surface area contributed by atoms with Gasteiger partial charge in [0, 0.05) is 30.9 Å². The molecular formula is C21H31BN2O3. The van der Waals surface area contributed by atoms with Crippen molar-refractivity contribution in [3.63, 3.8) is 0 Å². The van der Waals surface area contributed by atoms with Crippen molar-refractivity contribution in [2.24, 2.45) is 5.73 Å². The highest BCUT2D eigenvalue weighted by atomic mass is 16.7. The van der Waals surface area contributed by atoms with Crippen molar-refractivity contribution in [1.82, 2.24) is 4.90 Å². The average Bonchev–Trinajstić information content (AvgIpc) is 3.29. The molecular weight excluding hydrogens is 339 g/mol. The summed E-state index contributed by atoms with van der Waals surface area (Å²) < 4.78 is 18.5. The van der Waals surface area contributed by atoms with E-state index in [9.17, 15) is 0 Å². The van der Waals surface area contributed by atoms with E-state index in [-0.39, 0.29) is 0 Å². The minimum Gasteiger partial charge on any atom is -0.461 e. The second-order valence-corrected chi connectivity index (χ2v) is 8.80. The Kier molecular flexibility index (Phi) is 4.87. The molecule has 0 spiro atoms. The SMILES string of the molecule is CC1CCCN1CCc1cc2ccc(B3OC(C)(C)C(C)(CN)O3)cc2o1. The van der Waals surface area contributed by atoms with Crippen molar-refractivity contribution in [2.75, 3.05) is 19.6 Å². The summed E-state index contributed by atoms with van der Waals surface area (Å²) in [5.41, 5.74) is 6.86. The van der Waals surface area contributed by atoms with E-state index in [2.05, 4.69) is 30.0 Å². The molecule has 2 aliphatic heterocycles. The number of benzene rings is 1. The van der Waals surface area contributed by atoms with Crippen molar-refractivity contribution in [2.45, 2.75) is 64.2 Å². The van der Waals surface area contributed by atoms with Crippen molar-refractivity contribution >= 4 is 23.6 Å². The molecule has 3 heterocycles. The monoisotopic (exact) mass is 370 g/mol. The maximum atomic E-state index is 6.19. The van der Waals surface area contributed by atoms with Crippen LogP contribution in [-0.4, -0.2) is 48.9 Å². The highest BCUT2D eigenvalue weighted by Crippen LogP contribution is 2.36. The molecule has 5 nitrogen and oxygen atoms in total. The molecule has 0 bridgehead atoms. The van der Waals surface area contributed by atoms with Gasteiger partial charge >= 0.3 is 7.12 Å². The molecule has 2 aromatic rings. The second-order valence-electron chi connectivity index (χ2n) is 8.80. The number of likely N-dealkylation sites (tertiary alicyclic amines) is 1. The van der Waals surface area contributed by atoms with Gasteiger partial charge in [-0.15, -0.1) is 0 Å². The maximum Gasteiger partial charge on any atom is 0.495 e. The Morgan fingerprint density at radius 2 is 2.04 bits per heavy atom. The molecule has 0 aliphatic carbocycles. The van der Waals surface area contributed by atoms with Gasteiger partial charge in [0.2, 0.25) is 0 Å². The van der Waals surface area contributed by atoms with Gasteiger partial charge in [0.25, 0.3) is 0 Å². The Balaban J connectivity index is 1.50. The normalized spacial score (nSPS) is 28.5. The predicted molar refractivity (Wildman–Crippen MR) is 109 cm³/mol. The van der Waals surface area contributed by atoms with E-state index in [0.29, 0.717) is 12.6 Å². The zero-order chi connectivity index (χ0) is 19.2. The Bertz CT molecular complexity index is 821. The number of rotatable bonds is 5. The largest absolute Gasteiger partial charge is 0.495 e. The molecule has 2 unspecified atom stereocenters. The van der Waals surface area contributed by atoms with E-state index in [1.165, 1.54) is 19.4 Å². The molecule has 1 aromatic heterocycles.